The highest BCUT2D eigenvalue weighted by Gasteiger charge is 2.19. The smallest absolute Gasteiger partial charge is 0.0564 e. The van der Waals surface area contributed by atoms with Crippen LogP contribution in [0.4, 0.5) is 0 Å². The third-order valence-electron chi connectivity index (χ3n) is 2.13. The standard InChI is InChI=1S/C9H20O2/c1-4-5-6-9(7(2)10)8(3)11/h7-11H,4-6H2,1-3H3. The van der Waals surface area contributed by atoms with E-state index < -0.39 is 0 Å². The van der Waals surface area contributed by atoms with Gasteiger partial charge in [-0.2, -0.15) is 0 Å². The van der Waals surface area contributed by atoms with Crippen LogP contribution in [0.25, 0.3) is 0 Å². The van der Waals surface area contributed by atoms with E-state index in [1.54, 1.807) is 13.8 Å². The quantitative estimate of drug-likeness (QED) is 0.640. The van der Waals surface area contributed by atoms with Crippen LogP contribution in [0.3, 0.4) is 0 Å². The lowest BCUT2D eigenvalue weighted by atomic mass is 9.92. The van der Waals surface area contributed by atoms with Gasteiger partial charge in [-0.3, -0.25) is 0 Å². The maximum absolute atomic E-state index is 9.25. The lowest BCUT2D eigenvalue weighted by molar-refractivity contribution is 0.0261. The van der Waals surface area contributed by atoms with Gasteiger partial charge in [0.1, 0.15) is 0 Å². The molecular formula is C9H20O2. The molecule has 0 aromatic carbocycles. The Morgan fingerprint density at radius 2 is 1.55 bits per heavy atom. The summed E-state index contributed by atoms with van der Waals surface area (Å²) >= 11 is 0. The van der Waals surface area contributed by atoms with Crippen LogP contribution in [-0.2, 0) is 0 Å². The van der Waals surface area contributed by atoms with Gasteiger partial charge in [0.25, 0.3) is 0 Å². The fraction of sp³-hybridized carbons (Fsp3) is 1.00. The Labute approximate surface area is 69.2 Å². The zero-order valence-corrected chi connectivity index (χ0v) is 7.75. The summed E-state index contributed by atoms with van der Waals surface area (Å²) in [5.41, 5.74) is 0. The van der Waals surface area contributed by atoms with Crippen molar-refractivity contribution in [2.75, 3.05) is 0 Å². The first-order valence-electron chi connectivity index (χ1n) is 4.45. The Morgan fingerprint density at radius 3 is 1.82 bits per heavy atom. The van der Waals surface area contributed by atoms with Gasteiger partial charge in [-0.1, -0.05) is 19.8 Å². The molecule has 0 saturated carbocycles. The molecule has 0 heterocycles. The van der Waals surface area contributed by atoms with Gasteiger partial charge in [0.05, 0.1) is 12.2 Å². The topological polar surface area (TPSA) is 40.5 Å². The highest BCUT2D eigenvalue weighted by molar-refractivity contribution is 4.69. The largest absolute Gasteiger partial charge is 0.393 e. The van der Waals surface area contributed by atoms with Gasteiger partial charge in [0.15, 0.2) is 0 Å². The van der Waals surface area contributed by atoms with Crippen LogP contribution in [0.15, 0.2) is 0 Å². The summed E-state index contributed by atoms with van der Waals surface area (Å²) in [7, 11) is 0. The van der Waals surface area contributed by atoms with Crippen LogP contribution >= 0.6 is 0 Å². The van der Waals surface area contributed by atoms with Gasteiger partial charge >= 0.3 is 0 Å². The van der Waals surface area contributed by atoms with Gasteiger partial charge in [-0.05, 0) is 20.3 Å². The molecule has 68 valence electrons. The molecule has 0 fully saturated rings. The number of hydrogen-bond acceptors (Lipinski definition) is 2. The van der Waals surface area contributed by atoms with E-state index in [2.05, 4.69) is 6.92 Å². The van der Waals surface area contributed by atoms with Gasteiger partial charge < -0.3 is 10.2 Å². The minimum atomic E-state index is -0.387. The lowest BCUT2D eigenvalue weighted by Crippen LogP contribution is -2.27. The van der Waals surface area contributed by atoms with E-state index >= 15 is 0 Å². The molecule has 2 nitrogen and oxygen atoms in total. The predicted octanol–water partition coefficient (Wildman–Crippen LogP) is 1.55. The molecule has 0 spiro atoms. The Balaban J connectivity index is 3.70. The van der Waals surface area contributed by atoms with Crippen molar-refractivity contribution in [1.82, 2.24) is 0 Å². The minimum Gasteiger partial charge on any atom is -0.393 e. The molecule has 0 aliphatic carbocycles. The summed E-state index contributed by atoms with van der Waals surface area (Å²) in [6.45, 7) is 5.60. The first-order valence-corrected chi connectivity index (χ1v) is 4.45. The summed E-state index contributed by atoms with van der Waals surface area (Å²) in [4.78, 5) is 0. The second kappa shape index (κ2) is 5.56. The van der Waals surface area contributed by atoms with E-state index in [1.165, 1.54) is 0 Å². The van der Waals surface area contributed by atoms with Crippen LogP contribution in [0, 0.1) is 5.92 Å². The van der Waals surface area contributed by atoms with Crippen molar-refractivity contribution >= 4 is 0 Å². The fourth-order valence-electron chi connectivity index (χ4n) is 1.33. The molecule has 0 saturated heterocycles. The molecule has 2 N–H and O–H groups in total. The molecule has 0 bridgehead atoms. The normalized spacial score (nSPS) is 19.4. The van der Waals surface area contributed by atoms with E-state index in [9.17, 15) is 10.2 Å². The minimum absolute atomic E-state index is 0.0509. The van der Waals surface area contributed by atoms with Crippen molar-refractivity contribution in [3.05, 3.63) is 0 Å². The SMILES string of the molecule is CCCCC(C(C)O)C(C)O. The Morgan fingerprint density at radius 1 is 1.09 bits per heavy atom. The molecule has 0 rings (SSSR count). The molecule has 0 aliphatic heterocycles. The molecule has 0 aromatic rings. The summed E-state index contributed by atoms with van der Waals surface area (Å²) in [6, 6.07) is 0. The molecule has 11 heavy (non-hydrogen) atoms. The number of hydrogen-bond donors (Lipinski definition) is 2. The first-order chi connectivity index (χ1) is 5.09. The second-order valence-corrected chi connectivity index (χ2v) is 3.29. The summed E-state index contributed by atoms with van der Waals surface area (Å²) in [6.07, 6.45) is 2.35. The highest BCUT2D eigenvalue weighted by Crippen LogP contribution is 2.16. The highest BCUT2D eigenvalue weighted by atomic mass is 16.3. The molecule has 0 aromatic heterocycles. The number of rotatable bonds is 5. The van der Waals surface area contributed by atoms with Gasteiger partial charge in [-0.25, -0.2) is 0 Å². The molecule has 0 aliphatic rings. The third-order valence-corrected chi connectivity index (χ3v) is 2.13. The Bertz CT molecular complexity index is 81.6. The maximum atomic E-state index is 9.25. The second-order valence-electron chi connectivity index (χ2n) is 3.29. The monoisotopic (exact) mass is 160 g/mol. The molecule has 0 amide bonds. The van der Waals surface area contributed by atoms with Gasteiger partial charge in [-0.15, -0.1) is 0 Å². The lowest BCUT2D eigenvalue weighted by Gasteiger charge is -2.22. The van der Waals surface area contributed by atoms with Crippen molar-refractivity contribution in [2.45, 2.75) is 52.2 Å². The number of unbranched alkanes of at least 4 members (excludes halogenated alkanes) is 1. The molecule has 2 atom stereocenters. The van der Waals surface area contributed by atoms with Crippen molar-refractivity contribution < 1.29 is 10.2 Å². The number of aliphatic hydroxyl groups is 2. The van der Waals surface area contributed by atoms with Gasteiger partial charge in [0, 0.05) is 5.92 Å². The average molecular weight is 160 g/mol. The van der Waals surface area contributed by atoms with E-state index in [4.69, 9.17) is 0 Å². The first kappa shape index (κ1) is 10.9. The third kappa shape index (κ3) is 4.38. The van der Waals surface area contributed by atoms with E-state index in [1.807, 2.05) is 0 Å². The zero-order chi connectivity index (χ0) is 8.85. The van der Waals surface area contributed by atoms with E-state index in [0.29, 0.717) is 0 Å². The van der Waals surface area contributed by atoms with Crippen molar-refractivity contribution in [3.63, 3.8) is 0 Å². The van der Waals surface area contributed by atoms with Crippen molar-refractivity contribution in [2.24, 2.45) is 5.92 Å². The predicted molar refractivity (Wildman–Crippen MR) is 46.4 cm³/mol. The summed E-state index contributed by atoms with van der Waals surface area (Å²) < 4.78 is 0. The fourth-order valence-corrected chi connectivity index (χ4v) is 1.33. The Hall–Kier alpha value is -0.0800. The molecule has 2 unspecified atom stereocenters. The van der Waals surface area contributed by atoms with Crippen molar-refractivity contribution in [3.8, 4) is 0 Å². The summed E-state index contributed by atoms with van der Waals surface area (Å²) in [5.74, 6) is 0.0509. The van der Waals surface area contributed by atoms with Crippen molar-refractivity contribution in [1.29, 1.82) is 0 Å². The number of aliphatic hydroxyl groups excluding tert-OH is 2. The van der Waals surface area contributed by atoms with Crippen LogP contribution in [0.5, 0.6) is 0 Å². The molecule has 0 radical (unpaired) electrons. The van der Waals surface area contributed by atoms with Crippen LogP contribution in [0.1, 0.15) is 40.0 Å². The average Bonchev–Trinajstić information content (AvgIpc) is 1.87. The van der Waals surface area contributed by atoms with Gasteiger partial charge in [0.2, 0.25) is 0 Å². The van der Waals surface area contributed by atoms with Crippen LogP contribution in [-0.4, -0.2) is 22.4 Å². The van der Waals surface area contributed by atoms with Crippen LogP contribution < -0.4 is 0 Å². The molecular weight excluding hydrogens is 140 g/mol. The van der Waals surface area contributed by atoms with E-state index in [-0.39, 0.29) is 18.1 Å². The summed E-state index contributed by atoms with van der Waals surface area (Å²) in [5, 5.41) is 18.5. The Kier molecular flexibility index (Phi) is 5.51. The van der Waals surface area contributed by atoms with Crippen LogP contribution in [0.2, 0.25) is 0 Å². The zero-order valence-electron chi connectivity index (χ0n) is 7.75. The van der Waals surface area contributed by atoms with E-state index in [0.717, 1.165) is 19.3 Å². The maximum Gasteiger partial charge on any atom is 0.0564 e. The molecule has 2 heteroatoms.